The van der Waals surface area contributed by atoms with Gasteiger partial charge < -0.3 is 15.7 Å². The fraction of sp³-hybridized carbons (Fsp3) is 0.238. The number of likely N-dealkylation sites (N-methyl/N-ethyl adjacent to an activating group) is 1. The average molecular weight is 372 g/mol. The highest BCUT2D eigenvalue weighted by atomic mass is 16.3. The third-order valence-corrected chi connectivity index (χ3v) is 5.45. The Balaban J connectivity index is 1.50. The minimum absolute atomic E-state index is 0.104. The number of pyridine rings is 1. The summed E-state index contributed by atoms with van der Waals surface area (Å²) in [4.78, 5) is 26.3. The second-order valence-electron chi connectivity index (χ2n) is 7.20. The number of fused-ring (bicyclic) bond motifs is 2. The molecule has 2 fully saturated rings. The predicted molar refractivity (Wildman–Crippen MR) is 104 cm³/mol. The summed E-state index contributed by atoms with van der Waals surface area (Å²) in [6.45, 7) is 0. The number of rotatable bonds is 1. The molecule has 3 heterocycles. The van der Waals surface area contributed by atoms with Crippen LogP contribution in [0, 0.1) is 17.8 Å². The van der Waals surface area contributed by atoms with Gasteiger partial charge in [-0.25, -0.2) is 15.0 Å². The molecule has 2 aromatic heterocycles. The van der Waals surface area contributed by atoms with E-state index in [0.29, 0.717) is 22.3 Å². The Kier molecular flexibility index (Phi) is 3.19. The van der Waals surface area contributed by atoms with E-state index in [2.05, 4.69) is 26.8 Å². The first kappa shape index (κ1) is 15.5. The Labute approximate surface area is 162 Å². The van der Waals surface area contributed by atoms with Crippen LogP contribution in [0.15, 0.2) is 42.7 Å². The number of hydrogen-bond acceptors (Lipinski definition) is 6. The fourth-order valence-corrected chi connectivity index (χ4v) is 3.78. The van der Waals surface area contributed by atoms with E-state index in [1.807, 2.05) is 24.3 Å². The number of benzene rings is 1. The van der Waals surface area contributed by atoms with Crippen LogP contribution in [0.4, 0.5) is 5.82 Å². The molecule has 3 atom stereocenters. The molecule has 1 aliphatic heterocycles. The summed E-state index contributed by atoms with van der Waals surface area (Å²) in [7, 11) is 1.71. The lowest BCUT2D eigenvalue weighted by Gasteiger charge is -2.18. The molecule has 0 unspecified atom stereocenters. The molecule has 2 aliphatic rings. The highest BCUT2D eigenvalue weighted by molar-refractivity contribution is 5.93. The SMILES string of the molecule is [2H]c1nc(N)c2nc(-c3cccc(C#C[C@@]4(O)C(=O)N(C)[C@@H]5C[C@@H]54)c3)ccc2n1. The summed E-state index contributed by atoms with van der Waals surface area (Å²) >= 11 is 0. The number of carbonyl (C=O) groups excluding carboxylic acids is 1. The number of piperidine rings is 1. The quantitative estimate of drug-likeness (QED) is 0.622. The van der Waals surface area contributed by atoms with Crippen molar-refractivity contribution < 1.29 is 11.3 Å². The van der Waals surface area contributed by atoms with Gasteiger partial charge in [0.25, 0.3) is 5.91 Å². The van der Waals surface area contributed by atoms with Crippen molar-refractivity contribution in [3.05, 3.63) is 48.3 Å². The van der Waals surface area contributed by atoms with Gasteiger partial charge in [0.15, 0.2) is 5.82 Å². The lowest BCUT2D eigenvalue weighted by Crippen LogP contribution is -2.41. The smallest absolute Gasteiger partial charge is 0.267 e. The van der Waals surface area contributed by atoms with E-state index in [1.165, 1.54) is 0 Å². The maximum Gasteiger partial charge on any atom is 0.267 e. The lowest BCUT2D eigenvalue weighted by molar-refractivity contribution is -0.140. The average Bonchev–Trinajstić information content (AvgIpc) is 3.49. The lowest BCUT2D eigenvalue weighted by atomic mass is 9.98. The number of aliphatic hydroxyl groups is 1. The van der Waals surface area contributed by atoms with Crippen LogP contribution < -0.4 is 5.73 Å². The van der Waals surface area contributed by atoms with Crippen LogP contribution in [-0.2, 0) is 4.79 Å². The number of amides is 1. The Morgan fingerprint density at radius 1 is 1.36 bits per heavy atom. The van der Waals surface area contributed by atoms with E-state index < -0.39 is 5.60 Å². The summed E-state index contributed by atoms with van der Waals surface area (Å²) < 4.78 is 7.55. The van der Waals surface area contributed by atoms with Crippen molar-refractivity contribution >= 4 is 22.8 Å². The molecule has 0 bridgehead atoms. The summed E-state index contributed by atoms with van der Waals surface area (Å²) in [5.41, 5.74) is 7.36. The standard InChI is InChI=1S/C21H17N5O2/c1-26-17-10-14(17)21(28,20(26)27)8-7-12-3-2-4-13(9-12)15-5-6-16-18(25-15)19(22)24-11-23-16/h2-6,9,11,14,17,28H,10H2,1H3,(H2,22,23,24)/t14-,17+,21-/m0/s1/i11D. The molecular weight excluding hydrogens is 354 g/mol. The Morgan fingerprint density at radius 3 is 3.00 bits per heavy atom. The normalized spacial score (nSPS) is 25.9. The summed E-state index contributed by atoms with van der Waals surface area (Å²) in [5.74, 6) is 5.47. The molecule has 7 heteroatoms. The Morgan fingerprint density at radius 2 is 2.21 bits per heavy atom. The number of nitrogens with zero attached hydrogens (tertiary/aromatic N) is 4. The molecule has 1 amide bonds. The van der Waals surface area contributed by atoms with Gasteiger partial charge >= 0.3 is 0 Å². The molecule has 138 valence electrons. The topological polar surface area (TPSA) is 105 Å². The summed E-state index contributed by atoms with van der Waals surface area (Å²) in [6.07, 6.45) is 0.641. The van der Waals surface area contributed by atoms with Crippen molar-refractivity contribution in [2.24, 2.45) is 5.92 Å². The summed E-state index contributed by atoms with van der Waals surface area (Å²) in [5, 5.41) is 10.7. The molecule has 3 aromatic rings. The molecule has 5 rings (SSSR count). The van der Waals surface area contributed by atoms with E-state index in [9.17, 15) is 9.90 Å². The maximum absolute atomic E-state index is 12.3. The van der Waals surface area contributed by atoms with Crippen molar-refractivity contribution in [2.45, 2.75) is 18.1 Å². The van der Waals surface area contributed by atoms with Gasteiger partial charge in [0.05, 0.1) is 11.2 Å². The van der Waals surface area contributed by atoms with Crippen LogP contribution in [0.3, 0.4) is 0 Å². The number of nitrogen functional groups attached to an aromatic ring is 1. The van der Waals surface area contributed by atoms with Crippen LogP contribution in [0.5, 0.6) is 0 Å². The first-order chi connectivity index (χ1) is 13.9. The van der Waals surface area contributed by atoms with E-state index in [-0.39, 0.29) is 30.0 Å². The number of carbonyl (C=O) groups is 1. The number of aromatic nitrogens is 3. The number of hydrogen-bond donors (Lipinski definition) is 2. The minimum atomic E-state index is -1.60. The fourth-order valence-electron chi connectivity index (χ4n) is 3.78. The zero-order chi connectivity index (χ0) is 20.3. The van der Waals surface area contributed by atoms with E-state index in [0.717, 1.165) is 12.0 Å². The summed E-state index contributed by atoms with van der Waals surface area (Å²) in [6, 6.07) is 11.0. The molecule has 0 radical (unpaired) electrons. The van der Waals surface area contributed by atoms with Crippen molar-refractivity contribution in [2.75, 3.05) is 12.8 Å². The highest BCUT2D eigenvalue weighted by Crippen LogP contribution is 2.50. The molecular formula is C21H17N5O2. The molecule has 28 heavy (non-hydrogen) atoms. The van der Waals surface area contributed by atoms with Crippen LogP contribution in [0.2, 0.25) is 0 Å². The Bertz CT molecular complexity index is 1250. The molecule has 1 saturated carbocycles. The van der Waals surface area contributed by atoms with E-state index in [1.54, 1.807) is 24.1 Å². The van der Waals surface area contributed by atoms with Gasteiger partial charge in [-0.05, 0) is 30.7 Å². The Hall–Kier alpha value is -3.50. The molecule has 3 N–H and O–H groups in total. The minimum Gasteiger partial charge on any atom is -0.382 e. The van der Waals surface area contributed by atoms with Crippen LogP contribution in [0.1, 0.15) is 13.4 Å². The zero-order valence-corrected chi connectivity index (χ0v) is 15.0. The van der Waals surface area contributed by atoms with Crippen LogP contribution in [0.25, 0.3) is 22.3 Å². The van der Waals surface area contributed by atoms with Gasteiger partial charge in [0, 0.05) is 30.1 Å². The molecule has 1 saturated heterocycles. The van der Waals surface area contributed by atoms with Crippen molar-refractivity contribution in [3.63, 3.8) is 0 Å². The second-order valence-corrected chi connectivity index (χ2v) is 7.20. The molecule has 1 aliphatic carbocycles. The highest BCUT2D eigenvalue weighted by Gasteiger charge is 2.66. The zero-order valence-electron chi connectivity index (χ0n) is 16.0. The van der Waals surface area contributed by atoms with Gasteiger partial charge in [0.1, 0.15) is 13.2 Å². The number of likely N-dealkylation sites (tertiary alicyclic amines) is 1. The van der Waals surface area contributed by atoms with Crippen molar-refractivity contribution in [3.8, 4) is 23.1 Å². The number of anilines is 1. The van der Waals surface area contributed by atoms with Gasteiger partial charge in [-0.1, -0.05) is 24.0 Å². The van der Waals surface area contributed by atoms with Gasteiger partial charge in [0.2, 0.25) is 5.60 Å². The third kappa shape index (κ3) is 2.42. The van der Waals surface area contributed by atoms with Crippen LogP contribution >= 0.6 is 0 Å². The largest absolute Gasteiger partial charge is 0.382 e. The van der Waals surface area contributed by atoms with Gasteiger partial charge in [-0.3, -0.25) is 4.79 Å². The molecule has 0 spiro atoms. The predicted octanol–water partition coefficient (Wildman–Crippen LogP) is 1.22. The van der Waals surface area contributed by atoms with E-state index >= 15 is 0 Å². The third-order valence-electron chi connectivity index (χ3n) is 5.45. The first-order valence-electron chi connectivity index (χ1n) is 9.41. The van der Waals surface area contributed by atoms with Gasteiger partial charge in [-0.2, -0.15) is 0 Å². The van der Waals surface area contributed by atoms with E-state index in [4.69, 9.17) is 7.10 Å². The van der Waals surface area contributed by atoms with Crippen molar-refractivity contribution in [1.82, 2.24) is 19.9 Å². The van der Waals surface area contributed by atoms with Crippen LogP contribution in [-0.4, -0.2) is 49.6 Å². The first-order valence-corrected chi connectivity index (χ1v) is 8.91. The van der Waals surface area contributed by atoms with Gasteiger partial charge in [-0.15, -0.1) is 0 Å². The maximum atomic E-state index is 12.3. The number of nitrogens with two attached hydrogens (primary N) is 1. The monoisotopic (exact) mass is 372 g/mol. The molecule has 1 aromatic carbocycles. The van der Waals surface area contributed by atoms with Crippen molar-refractivity contribution in [1.29, 1.82) is 0 Å². The molecule has 7 nitrogen and oxygen atoms in total. The second kappa shape index (κ2) is 5.75.